The SMILES string of the molecule is O=C(O)c1ccccc1CCCc1ccccc1NS(=O)(=O)c1ccccc1. The molecule has 0 atom stereocenters. The van der Waals surface area contributed by atoms with Gasteiger partial charge in [0.1, 0.15) is 0 Å². The molecule has 0 unspecified atom stereocenters. The second kappa shape index (κ2) is 8.71. The Balaban J connectivity index is 1.72. The van der Waals surface area contributed by atoms with E-state index >= 15 is 0 Å². The van der Waals surface area contributed by atoms with Gasteiger partial charge in [0.15, 0.2) is 0 Å². The Bertz CT molecular complexity index is 1060. The molecule has 0 aromatic heterocycles. The van der Waals surface area contributed by atoms with Gasteiger partial charge >= 0.3 is 5.97 Å². The van der Waals surface area contributed by atoms with E-state index < -0.39 is 16.0 Å². The molecule has 0 aliphatic carbocycles. The molecule has 0 fully saturated rings. The van der Waals surface area contributed by atoms with Gasteiger partial charge in [-0.25, -0.2) is 13.2 Å². The number of hydrogen-bond donors (Lipinski definition) is 2. The molecule has 0 saturated heterocycles. The number of anilines is 1. The second-order valence-electron chi connectivity index (χ2n) is 6.39. The quantitative estimate of drug-likeness (QED) is 0.594. The van der Waals surface area contributed by atoms with Crippen LogP contribution in [-0.2, 0) is 22.9 Å². The van der Waals surface area contributed by atoms with E-state index in [1.54, 1.807) is 54.6 Å². The molecule has 5 nitrogen and oxygen atoms in total. The van der Waals surface area contributed by atoms with Crippen molar-refractivity contribution < 1.29 is 18.3 Å². The number of carboxylic acid groups (broad SMARTS) is 1. The zero-order valence-electron chi connectivity index (χ0n) is 15.2. The predicted octanol–water partition coefficient (Wildman–Crippen LogP) is 4.36. The summed E-state index contributed by atoms with van der Waals surface area (Å²) < 4.78 is 27.8. The smallest absolute Gasteiger partial charge is 0.335 e. The number of nitrogens with one attached hydrogen (secondary N) is 1. The summed E-state index contributed by atoms with van der Waals surface area (Å²) in [6.45, 7) is 0. The number of hydrogen-bond acceptors (Lipinski definition) is 3. The minimum atomic E-state index is -3.66. The summed E-state index contributed by atoms with van der Waals surface area (Å²) in [5, 5.41) is 9.29. The monoisotopic (exact) mass is 395 g/mol. The van der Waals surface area contributed by atoms with Gasteiger partial charge in [-0.15, -0.1) is 0 Å². The molecule has 0 spiro atoms. The first kappa shape index (κ1) is 19.6. The van der Waals surface area contributed by atoms with Crippen LogP contribution in [0.2, 0.25) is 0 Å². The summed E-state index contributed by atoms with van der Waals surface area (Å²) in [4.78, 5) is 11.5. The second-order valence-corrected chi connectivity index (χ2v) is 8.07. The largest absolute Gasteiger partial charge is 0.478 e. The van der Waals surface area contributed by atoms with Crippen LogP contribution in [0.3, 0.4) is 0 Å². The van der Waals surface area contributed by atoms with Crippen molar-refractivity contribution in [1.82, 2.24) is 0 Å². The Labute approximate surface area is 164 Å². The molecule has 2 N–H and O–H groups in total. The molecule has 0 amide bonds. The number of sulfonamides is 1. The van der Waals surface area contributed by atoms with Crippen molar-refractivity contribution in [3.63, 3.8) is 0 Å². The summed E-state index contributed by atoms with van der Waals surface area (Å²) in [7, 11) is -3.66. The van der Waals surface area contributed by atoms with Crippen LogP contribution >= 0.6 is 0 Å². The predicted molar refractivity (Wildman–Crippen MR) is 109 cm³/mol. The standard InChI is InChI=1S/C22H21NO4S/c24-22(25)20-15-6-4-9-17(20)11-8-12-18-10-5-7-16-21(18)23-28(26,27)19-13-2-1-3-14-19/h1-7,9-10,13-16,23H,8,11-12H2,(H,24,25). The third kappa shape index (κ3) is 4.78. The van der Waals surface area contributed by atoms with Gasteiger partial charge in [-0.3, -0.25) is 4.72 Å². The Hall–Kier alpha value is -3.12. The van der Waals surface area contributed by atoms with Crippen LogP contribution in [0.25, 0.3) is 0 Å². The van der Waals surface area contributed by atoms with Crippen molar-refractivity contribution in [3.8, 4) is 0 Å². The molecule has 0 heterocycles. The lowest BCUT2D eigenvalue weighted by molar-refractivity contribution is 0.0695. The number of carboxylic acids is 1. The molecule has 6 heteroatoms. The lowest BCUT2D eigenvalue weighted by Crippen LogP contribution is -2.14. The van der Waals surface area contributed by atoms with Crippen LogP contribution in [0.4, 0.5) is 5.69 Å². The van der Waals surface area contributed by atoms with Gasteiger partial charge in [-0.1, -0.05) is 54.6 Å². The van der Waals surface area contributed by atoms with Crippen molar-refractivity contribution in [3.05, 3.63) is 95.6 Å². The highest BCUT2D eigenvalue weighted by molar-refractivity contribution is 7.92. The van der Waals surface area contributed by atoms with Crippen molar-refractivity contribution in [2.45, 2.75) is 24.2 Å². The van der Waals surface area contributed by atoms with Gasteiger partial charge in [-0.05, 0) is 54.7 Å². The molecule has 0 aliphatic heterocycles. The van der Waals surface area contributed by atoms with E-state index in [4.69, 9.17) is 0 Å². The van der Waals surface area contributed by atoms with Crippen LogP contribution in [0, 0.1) is 0 Å². The zero-order chi connectivity index (χ0) is 20.0. The fourth-order valence-corrected chi connectivity index (χ4v) is 4.18. The molecule has 0 radical (unpaired) electrons. The number of aryl methyl sites for hydroxylation is 2. The zero-order valence-corrected chi connectivity index (χ0v) is 16.0. The highest BCUT2D eigenvalue weighted by Gasteiger charge is 2.15. The van der Waals surface area contributed by atoms with E-state index in [9.17, 15) is 18.3 Å². The normalized spacial score (nSPS) is 11.1. The number of aromatic carboxylic acids is 1. The minimum absolute atomic E-state index is 0.209. The van der Waals surface area contributed by atoms with Crippen molar-refractivity contribution >= 4 is 21.7 Å². The lowest BCUT2D eigenvalue weighted by atomic mass is 9.99. The van der Waals surface area contributed by atoms with E-state index in [0.29, 0.717) is 30.5 Å². The van der Waals surface area contributed by atoms with Gasteiger partial charge in [0.2, 0.25) is 0 Å². The summed E-state index contributed by atoms with van der Waals surface area (Å²) in [5.74, 6) is -0.938. The fourth-order valence-electron chi connectivity index (χ4n) is 3.06. The van der Waals surface area contributed by atoms with Gasteiger partial charge in [0, 0.05) is 0 Å². The third-order valence-corrected chi connectivity index (χ3v) is 5.84. The van der Waals surface area contributed by atoms with Gasteiger partial charge in [0.25, 0.3) is 10.0 Å². The molecule has 0 bridgehead atoms. The Morgan fingerprint density at radius 2 is 1.36 bits per heavy atom. The molecule has 28 heavy (non-hydrogen) atoms. The first-order chi connectivity index (χ1) is 13.5. The highest BCUT2D eigenvalue weighted by atomic mass is 32.2. The van der Waals surface area contributed by atoms with Gasteiger partial charge in [0.05, 0.1) is 16.1 Å². The maximum atomic E-state index is 12.6. The molecule has 0 aliphatic rings. The van der Waals surface area contributed by atoms with Crippen molar-refractivity contribution in [2.75, 3.05) is 4.72 Å². The van der Waals surface area contributed by atoms with Crippen LogP contribution in [0.5, 0.6) is 0 Å². The summed E-state index contributed by atoms with van der Waals surface area (Å²) in [6.07, 6.45) is 1.93. The number of benzene rings is 3. The van der Waals surface area contributed by atoms with E-state index in [2.05, 4.69) is 4.72 Å². The maximum absolute atomic E-state index is 12.6. The summed E-state index contributed by atoms with van der Waals surface area (Å²) >= 11 is 0. The van der Waals surface area contributed by atoms with Gasteiger partial charge in [-0.2, -0.15) is 0 Å². The number of para-hydroxylation sites is 1. The minimum Gasteiger partial charge on any atom is -0.478 e. The van der Waals surface area contributed by atoms with Crippen molar-refractivity contribution in [2.24, 2.45) is 0 Å². The Morgan fingerprint density at radius 1 is 0.786 bits per heavy atom. The average Bonchev–Trinajstić information content (AvgIpc) is 2.70. The average molecular weight is 395 g/mol. The van der Waals surface area contributed by atoms with E-state index in [0.717, 1.165) is 11.1 Å². The fraction of sp³-hybridized carbons (Fsp3) is 0.136. The maximum Gasteiger partial charge on any atom is 0.335 e. The lowest BCUT2D eigenvalue weighted by Gasteiger charge is -2.13. The topological polar surface area (TPSA) is 83.5 Å². The first-order valence-electron chi connectivity index (χ1n) is 8.94. The molecular formula is C22H21NO4S. The molecule has 144 valence electrons. The van der Waals surface area contributed by atoms with Crippen LogP contribution in [0.15, 0.2) is 83.8 Å². The summed E-state index contributed by atoms with van der Waals surface area (Å²) in [6, 6.07) is 22.4. The molecule has 3 aromatic rings. The van der Waals surface area contributed by atoms with Crippen LogP contribution in [-0.4, -0.2) is 19.5 Å². The molecule has 3 aromatic carbocycles. The van der Waals surface area contributed by atoms with E-state index in [-0.39, 0.29) is 4.90 Å². The Kier molecular flexibility index (Phi) is 6.11. The van der Waals surface area contributed by atoms with Crippen molar-refractivity contribution in [1.29, 1.82) is 0 Å². The van der Waals surface area contributed by atoms with Crippen LogP contribution in [0.1, 0.15) is 27.9 Å². The van der Waals surface area contributed by atoms with Gasteiger partial charge < -0.3 is 5.11 Å². The third-order valence-electron chi connectivity index (χ3n) is 4.46. The first-order valence-corrected chi connectivity index (χ1v) is 10.4. The molecule has 3 rings (SSSR count). The molecule has 0 saturated carbocycles. The van der Waals surface area contributed by atoms with E-state index in [1.165, 1.54) is 0 Å². The highest BCUT2D eigenvalue weighted by Crippen LogP contribution is 2.22. The number of rotatable bonds is 8. The van der Waals surface area contributed by atoms with Crippen LogP contribution < -0.4 is 4.72 Å². The molecular weight excluding hydrogens is 374 g/mol. The van der Waals surface area contributed by atoms with E-state index in [1.807, 2.05) is 24.3 Å². The number of carbonyl (C=O) groups is 1. The Morgan fingerprint density at radius 3 is 2.07 bits per heavy atom. The summed E-state index contributed by atoms with van der Waals surface area (Å²) in [5.41, 5.74) is 2.49.